The first-order chi connectivity index (χ1) is 10.8. The number of aromatic nitrogens is 3. The van der Waals surface area contributed by atoms with Crippen molar-refractivity contribution in [1.29, 1.82) is 0 Å². The molecule has 3 aromatic rings. The van der Waals surface area contributed by atoms with Gasteiger partial charge in [0.15, 0.2) is 5.82 Å². The van der Waals surface area contributed by atoms with Gasteiger partial charge in [-0.25, -0.2) is 4.98 Å². The second-order valence-corrected chi connectivity index (χ2v) is 4.85. The monoisotopic (exact) mass is 296 g/mol. The number of carbonyl (C=O) groups is 1. The fourth-order valence-corrected chi connectivity index (χ4v) is 2.15. The summed E-state index contributed by atoms with van der Waals surface area (Å²) in [6, 6.07) is 11.0. The SMILES string of the molecule is O=C(NCCCc1ccco1)c1ccc(-c2ncn[nH]2)cc1. The molecule has 0 aliphatic heterocycles. The van der Waals surface area contributed by atoms with Crippen molar-refractivity contribution >= 4 is 5.91 Å². The lowest BCUT2D eigenvalue weighted by molar-refractivity contribution is 0.0953. The zero-order valence-electron chi connectivity index (χ0n) is 12.0. The number of hydrogen-bond acceptors (Lipinski definition) is 4. The minimum absolute atomic E-state index is 0.0800. The summed E-state index contributed by atoms with van der Waals surface area (Å²) >= 11 is 0. The van der Waals surface area contributed by atoms with Crippen molar-refractivity contribution in [1.82, 2.24) is 20.5 Å². The van der Waals surface area contributed by atoms with Gasteiger partial charge in [-0.05, 0) is 30.7 Å². The third kappa shape index (κ3) is 3.41. The van der Waals surface area contributed by atoms with Crippen molar-refractivity contribution in [3.05, 3.63) is 60.3 Å². The van der Waals surface area contributed by atoms with Crippen molar-refractivity contribution in [2.75, 3.05) is 6.54 Å². The van der Waals surface area contributed by atoms with Crippen LogP contribution in [0, 0.1) is 0 Å². The first kappa shape index (κ1) is 14.1. The predicted molar refractivity (Wildman–Crippen MR) is 81.2 cm³/mol. The molecular formula is C16H16N4O2. The van der Waals surface area contributed by atoms with E-state index in [4.69, 9.17) is 4.42 Å². The Morgan fingerprint density at radius 2 is 2.09 bits per heavy atom. The summed E-state index contributed by atoms with van der Waals surface area (Å²) in [7, 11) is 0. The number of H-pyrrole nitrogens is 1. The molecule has 0 aliphatic carbocycles. The van der Waals surface area contributed by atoms with E-state index in [2.05, 4.69) is 20.5 Å². The van der Waals surface area contributed by atoms with E-state index in [0.29, 0.717) is 17.9 Å². The standard InChI is InChI=1S/C16H16N4O2/c21-16(17-9-1-3-14-4-2-10-22-14)13-7-5-12(6-8-13)15-18-11-19-20-15/h2,4-8,10-11H,1,3,9H2,(H,17,21)(H,18,19,20). The van der Waals surface area contributed by atoms with Gasteiger partial charge in [-0.15, -0.1) is 0 Å². The van der Waals surface area contributed by atoms with Gasteiger partial charge in [0.05, 0.1) is 6.26 Å². The van der Waals surface area contributed by atoms with Crippen LogP contribution in [0.1, 0.15) is 22.5 Å². The number of hydrogen-bond donors (Lipinski definition) is 2. The average Bonchev–Trinajstić information content (AvgIpc) is 3.25. The number of benzene rings is 1. The molecular weight excluding hydrogens is 280 g/mol. The van der Waals surface area contributed by atoms with Gasteiger partial charge in [-0.3, -0.25) is 9.89 Å². The lowest BCUT2D eigenvalue weighted by atomic mass is 10.1. The van der Waals surface area contributed by atoms with E-state index in [-0.39, 0.29) is 5.91 Å². The van der Waals surface area contributed by atoms with Crippen LogP contribution in [0.25, 0.3) is 11.4 Å². The van der Waals surface area contributed by atoms with Crippen LogP contribution in [0.15, 0.2) is 53.4 Å². The second kappa shape index (κ2) is 6.71. The van der Waals surface area contributed by atoms with E-state index in [1.54, 1.807) is 18.4 Å². The lowest BCUT2D eigenvalue weighted by Gasteiger charge is -2.05. The molecule has 1 amide bonds. The minimum atomic E-state index is -0.0800. The van der Waals surface area contributed by atoms with Crippen molar-refractivity contribution in [2.45, 2.75) is 12.8 Å². The van der Waals surface area contributed by atoms with Gasteiger partial charge >= 0.3 is 0 Å². The maximum absolute atomic E-state index is 12.0. The Hall–Kier alpha value is -2.89. The van der Waals surface area contributed by atoms with Crippen LogP contribution in [0.5, 0.6) is 0 Å². The number of nitrogens with zero attached hydrogens (tertiary/aromatic N) is 2. The molecule has 6 heteroatoms. The molecule has 0 unspecified atom stereocenters. The lowest BCUT2D eigenvalue weighted by Crippen LogP contribution is -2.24. The highest BCUT2D eigenvalue weighted by molar-refractivity contribution is 5.94. The topological polar surface area (TPSA) is 83.8 Å². The minimum Gasteiger partial charge on any atom is -0.469 e. The summed E-state index contributed by atoms with van der Waals surface area (Å²) < 4.78 is 5.25. The zero-order chi connectivity index (χ0) is 15.2. The van der Waals surface area contributed by atoms with Gasteiger partial charge < -0.3 is 9.73 Å². The Morgan fingerprint density at radius 3 is 2.77 bits per heavy atom. The molecule has 0 atom stereocenters. The highest BCUT2D eigenvalue weighted by Gasteiger charge is 2.06. The van der Waals surface area contributed by atoms with Crippen LogP contribution in [0.2, 0.25) is 0 Å². The van der Waals surface area contributed by atoms with Crippen molar-refractivity contribution in [3.63, 3.8) is 0 Å². The molecule has 0 saturated heterocycles. The van der Waals surface area contributed by atoms with Crippen LogP contribution >= 0.6 is 0 Å². The highest BCUT2D eigenvalue weighted by atomic mass is 16.3. The van der Waals surface area contributed by atoms with Gasteiger partial charge in [0, 0.05) is 24.1 Å². The number of aromatic amines is 1. The quantitative estimate of drug-likeness (QED) is 0.684. The fraction of sp³-hybridized carbons (Fsp3) is 0.188. The first-order valence-electron chi connectivity index (χ1n) is 7.09. The summed E-state index contributed by atoms with van der Waals surface area (Å²) in [4.78, 5) is 16.1. The summed E-state index contributed by atoms with van der Waals surface area (Å²) in [6.07, 6.45) is 4.77. The first-order valence-corrected chi connectivity index (χ1v) is 7.09. The van der Waals surface area contributed by atoms with Crippen LogP contribution in [-0.4, -0.2) is 27.6 Å². The van der Waals surface area contributed by atoms with Gasteiger partial charge in [-0.2, -0.15) is 5.10 Å². The predicted octanol–water partition coefficient (Wildman–Crippen LogP) is 2.43. The molecule has 0 aliphatic rings. The van der Waals surface area contributed by atoms with Crippen molar-refractivity contribution in [2.24, 2.45) is 0 Å². The molecule has 3 rings (SSSR count). The van der Waals surface area contributed by atoms with Crippen LogP contribution in [-0.2, 0) is 6.42 Å². The Kier molecular flexibility index (Phi) is 4.29. The number of nitrogens with one attached hydrogen (secondary N) is 2. The molecule has 6 nitrogen and oxygen atoms in total. The molecule has 0 fully saturated rings. The number of rotatable bonds is 6. The van der Waals surface area contributed by atoms with E-state index in [9.17, 15) is 4.79 Å². The van der Waals surface area contributed by atoms with E-state index in [1.807, 2.05) is 24.3 Å². The van der Waals surface area contributed by atoms with Crippen molar-refractivity contribution in [3.8, 4) is 11.4 Å². The number of amides is 1. The maximum atomic E-state index is 12.0. The molecule has 2 aromatic heterocycles. The third-order valence-electron chi connectivity index (χ3n) is 3.30. The molecule has 1 aromatic carbocycles. The summed E-state index contributed by atoms with van der Waals surface area (Å²) in [5.41, 5.74) is 1.52. The molecule has 0 bridgehead atoms. The molecule has 2 N–H and O–H groups in total. The maximum Gasteiger partial charge on any atom is 0.251 e. The molecule has 0 saturated carbocycles. The summed E-state index contributed by atoms with van der Waals surface area (Å²) in [5, 5.41) is 9.49. The van der Waals surface area contributed by atoms with E-state index in [0.717, 1.165) is 24.2 Å². The van der Waals surface area contributed by atoms with Crippen LogP contribution in [0.3, 0.4) is 0 Å². The van der Waals surface area contributed by atoms with E-state index >= 15 is 0 Å². The number of carbonyl (C=O) groups excluding carboxylic acids is 1. The second-order valence-electron chi connectivity index (χ2n) is 4.85. The highest BCUT2D eigenvalue weighted by Crippen LogP contribution is 2.14. The Bertz CT molecular complexity index is 703. The summed E-state index contributed by atoms with van der Waals surface area (Å²) in [5.74, 6) is 1.54. The fourth-order valence-electron chi connectivity index (χ4n) is 2.15. The Balaban J connectivity index is 1.49. The molecule has 2 heterocycles. The Morgan fingerprint density at radius 1 is 1.23 bits per heavy atom. The third-order valence-corrected chi connectivity index (χ3v) is 3.30. The van der Waals surface area contributed by atoms with Crippen molar-refractivity contribution < 1.29 is 9.21 Å². The molecule has 0 spiro atoms. The zero-order valence-corrected chi connectivity index (χ0v) is 12.0. The van der Waals surface area contributed by atoms with E-state index in [1.165, 1.54) is 6.33 Å². The average molecular weight is 296 g/mol. The van der Waals surface area contributed by atoms with Gasteiger partial charge in [0.25, 0.3) is 5.91 Å². The smallest absolute Gasteiger partial charge is 0.251 e. The number of furan rings is 1. The van der Waals surface area contributed by atoms with Gasteiger partial charge in [0.1, 0.15) is 12.1 Å². The molecule has 0 radical (unpaired) electrons. The van der Waals surface area contributed by atoms with Crippen LogP contribution < -0.4 is 5.32 Å². The van der Waals surface area contributed by atoms with Gasteiger partial charge in [-0.1, -0.05) is 12.1 Å². The molecule has 112 valence electrons. The normalized spacial score (nSPS) is 10.5. The molecule has 22 heavy (non-hydrogen) atoms. The summed E-state index contributed by atoms with van der Waals surface area (Å²) in [6.45, 7) is 0.614. The van der Waals surface area contributed by atoms with Crippen LogP contribution in [0.4, 0.5) is 0 Å². The van der Waals surface area contributed by atoms with E-state index < -0.39 is 0 Å². The van der Waals surface area contributed by atoms with Gasteiger partial charge in [0.2, 0.25) is 0 Å². The largest absolute Gasteiger partial charge is 0.469 e. The number of aryl methyl sites for hydroxylation is 1. The Labute approximate surface area is 127 Å².